The van der Waals surface area contributed by atoms with E-state index in [2.05, 4.69) is 17.3 Å². The molecule has 0 bridgehead atoms. The number of carbonyl (C=O) groups is 1. The summed E-state index contributed by atoms with van der Waals surface area (Å²) in [5.74, 6) is 1.48. The van der Waals surface area contributed by atoms with Gasteiger partial charge < -0.3 is 18.9 Å². The summed E-state index contributed by atoms with van der Waals surface area (Å²) in [6.07, 6.45) is 3.73. The van der Waals surface area contributed by atoms with Crippen molar-refractivity contribution in [2.75, 3.05) is 19.1 Å². The van der Waals surface area contributed by atoms with E-state index < -0.39 is 5.69 Å². The molecule has 8 heteroatoms. The van der Waals surface area contributed by atoms with Crippen LogP contribution < -0.4 is 20.6 Å². The Hall–Kier alpha value is -3.16. The van der Waals surface area contributed by atoms with Crippen LogP contribution in [0.2, 0.25) is 0 Å². The molecule has 0 aliphatic carbocycles. The molecule has 1 amide bonds. The van der Waals surface area contributed by atoms with Gasteiger partial charge >= 0.3 is 5.69 Å². The van der Waals surface area contributed by atoms with Gasteiger partial charge in [0.2, 0.25) is 5.91 Å². The van der Waals surface area contributed by atoms with Crippen molar-refractivity contribution < 1.29 is 18.7 Å². The Balaban J connectivity index is 1.98. The average molecular weight is 373 g/mol. The van der Waals surface area contributed by atoms with Crippen LogP contribution in [-0.4, -0.2) is 29.3 Å². The number of nitrogens with zero attached hydrogens (tertiary/aromatic N) is 1. The van der Waals surface area contributed by atoms with Gasteiger partial charge in [-0.05, 0) is 12.5 Å². The van der Waals surface area contributed by atoms with Gasteiger partial charge in [-0.2, -0.15) is 0 Å². The topological polar surface area (TPSA) is 98.5 Å². The standard InChI is InChI=1S/C19H23N3O5/c1-4-6-7-26-15-8-12(25-3)9-16-13(15)10-17(27-16)14-11-22(19(24)20-14)21-18(23)5-2/h8-11H,4-7H2,1-3H3,(H,20,24)(H,21,23). The number of ether oxygens (including phenoxy) is 2. The van der Waals surface area contributed by atoms with Gasteiger partial charge in [-0.3, -0.25) is 10.2 Å². The Bertz CT molecular complexity index is 999. The Labute approximate surface area is 156 Å². The highest BCUT2D eigenvalue weighted by Gasteiger charge is 2.16. The maximum absolute atomic E-state index is 12.0. The van der Waals surface area contributed by atoms with E-state index in [1.807, 2.05) is 6.07 Å². The lowest BCUT2D eigenvalue weighted by Gasteiger charge is -2.08. The smallest absolute Gasteiger partial charge is 0.345 e. The van der Waals surface area contributed by atoms with E-state index >= 15 is 0 Å². The first-order valence-corrected chi connectivity index (χ1v) is 8.92. The molecular weight excluding hydrogens is 350 g/mol. The number of benzene rings is 1. The van der Waals surface area contributed by atoms with E-state index in [1.165, 1.54) is 6.20 Å². The van der Waals surface area contributed by atoms with Crippen molar-refractivity contribution in [3.8, 4) is 23.0 Å². The first-order chi connectivity index (χ1) is 13.0. The lowest BCUT2D eigenvalue weighted by Crippen LogP contribution is -2.30. The molecule has 0 fully saturated rings. The highest BCUT2D eigenvalue weighted by molar-refractivity contribution is 5.89. The summed E-state index contributed by atoms with van der Waals surface area (Å²) in [7, 11) is 1.58. The van der Waals surface area contributed by atoms with Crippen molar-refractivity contribution in [3.05, 3.63) is 34.9 Å². The number of fused-ring (bicyclic) bond motifs is 1. The molecule has 0 radical (unpaired) electrons. The molecule has 0 aliphatic rings. The molecular formula is C19H23N3O5. The number of hydrogen-bond acceptors (Lipinski definition) is 5. The quantitative estimate of drug-likeness (QED) is 0.591. The molecule has 3 aromatic rings. The van der Waals surface area contributed by atoms with Gasteiger partial charge in [-0.1, -0.05) is 20.3 Å². The molecule has 0 atom stereocenters. The minimum Gasteiger partial charge on any atom is -0.496 e. The van der Waals surface area contributed by atoms with E-state index in [4.69, 9.17) is 13.9 Å². The molecule has 2 heterocycles. The molecule has 0 unspecified atom stereocenters. The SMILES string of the molecule is CCCCOc1cc(OC)cc2oc(-c3cn(NC(=O)CC)c(=O)[nH]3)cc12. The van der Waals surface area contributed by atoms with Crippen LogP contribution in [0.1, 0.15) is 33.1 Å². The average Bonchev–Trinajstić information content (AvgIpc) is 3.25. The van der Waals surface area contributed by atoms with Crippen LogP contribution in [-0.2, 0) is 4.79 Å². The third-order valence-electron chi connectivity index (χ3n) is 4.11. The Morgan fingerprint density at radius 2 is 2.11 bits per heavy atom. The lowest BCUT2D eigenvalue weighted by atomic mass is 10.2. The largest absolute Gasteiger partial charge is 0.496 e. The van der Waals surface area contributed by atoms with E-state index in [0.29, 0.717) is 35.1 Å². The van der Waals surface area contributed by atoms with Crippen LogP contribution in [0.25, 0.3) is 22.4 Å². The summed E-state index contributed by atoms with van der Waals surface area (Å²) >= 11 is 0. The van der Waals surface area contributed by atoms with E-state index in [1.54, 1.807) is 26.2 Å². The van der Waals surface area contributed by atoms with Gasteiger partial charge in [0, 0.05) is 18.6 Å². The summed E-state index contributed by atoms with van der Waals surface area (Å²) in [5.41, 5.74) is 3.08. The zero-order chi connectivity index (χ0) is 19.4. The molecule has 27 heavy (non-hydrogen) atoms. The minimum atomic E-state index is -0.454. The van der Waals surface area contributed by atoms with Crippen LogP contribution in [0.15, 0.2) is 33.6 Å². The van der Waals surface area contributed by atoms with Crippen LogP contribution in [0.5, 0.6) is 11.5 Å². The predicted molar refractivity (Wildman–Crippen MR) is 102 cm³/mol. The molecule has 144 valence electrons. The van der Waals surface area contributed by atoms with Gasteiger partial charge in [0.1, 0.15) is 22.8 Å². The number of aromatic amines is 1. The van der Waals surface area contributed by atoms with Gasteiger partial charge in [0.05, 0.1) is 25.3 Å². The van der Waals surface area contributed by atoms with Crippen molar-refractivity contribution in [1.82, 2.24) is 9.66 Å². The van der Waals surface area contributed by atoms with Crippen molar-refractivity contribution >= 4 is 16.9 Å². The monoisotopic (exact) mass is 373 g/mol. The van der Waals surface area contributed by atoms with Crippen molar-refractivity contribution in [3.63, 3.8) is 0 Å². The molecule has 2 N–H and O–H groups in total. The Morgan fingerprint density at radius 3 is 2.81 bits per heavy atom. The van der Waals surface area contributed by atoms with Crippen molar-refractivity contribution in [1.29, 1.82) is 0 Å². The molecule has 0 saturated heterocycles. The molecule has 0 spiro atoms. The maximum Gasteiger partial charge on any atom is 0.345 e. The first-order valence-electron chi connectivity index (χ1n) is 8.92. The third-order valence-corrected chi connectivity index (χ3v) is 4.11. The fraction of sp³-hybridized carbons (Fsp3) is 0.368. The Kier molecular flexibility index (Phi) is 5.54. The number of hydrogen-bond donors (Lipinski definition) is 2. The second-order valence-electron chi connectivity index (χ2n) is 6.08. The number of rotatable bonds is 8. The summed E-state index contributed by atoms with van der Waals surface area (Å²) in [6.45, 7) is 4.40. The van der Waals surface area contributed by atoms with Crippen molar-refractivity contribution in [2.45, 2.75) is 33.1 Å². The second kappa shape index (κ2) is 8.03. The van der Waals surface area contributed by atoms with E-state index in [-0.39, 0.29) is 12.3 Å². The number of amides is 1. The van der Waals surface area contributed by atoms with Crippen molar-refractivity contribution in [2.24, 2.45) is 0 Å². The minimum absolute atomic E-state index is 0.261. The summed E-state index contributed by atoms with van der Waals surface area (Å²) in [5, 5.41) is 0.785. The number of nitrogens with one attached hydrogen (secondary N) is 2. The number of unbranched alkanes of at least 4 members (excludes halogenated alkanes) is 1. The number of carbonyl (C=O) groups excluding carboxylic acids is 1. The van der Waals surface area contributed by atoms with Gasteiger partial charge in [0.15, 0.2) is 5.76 Å². The second-order valence-corrected chi connectivity index (χ2v) is 6.08. The molecule has 2 aromatic heterocycles. The highest BCUT2D eigenvalue weighted by atomic mass is 16.5. The number of furan rings is 1. The molecule has 1 aromatic carbocycles. The van der Waals surface area contributed by atoms with Crippen LogP contribution in [0.4, 0.5) is 0 Å². The Morgan fingerprint density at radius 1 is 1.30 bits per heavy atom. The van der Waals surface area contributed by atoms with Crippen LogP contribution in [0, 0.1) is 0 Å². The van der Waals surface area contributed by atoms with Crippen LogP contribution >= 0.6 is 0 Å². The zero-order valence-corrected chi connectivity index (χ0v) is 15.6. The number of imidazole rings is 1. The normalized spacial score (nSPS) is 10.9. The summed E-state index contributed by atoms with van der Waals surface area (Å²) in [4.78, 5) is 26.2. The number of aromatic nitrogens is 2. The first kappa shape index (κ1) is 18.6. The fourth-order valence-corrected chi connectivity index (χ4v) is 2.60. The predicted octanol–water partition coefficient (Wildman–Crippen LogP) is 3.26. The molecule has 3 rings (SSSR count). The maximum atomic E-state index is 12.0. The molecule has 0 aliphatic heterocycles. The number of H-pyrrole nitrogens is 1. The zero-order valence-electron chi connectivity index (χ0n) is 15.6. The molecule has 8 nitrogen and oxygen atoms in total. The highest BCUT2D eigenvalue weighted by Crippen LogP contribution is 2.36. The lowest BCUT2D eigenvalue weighted by molar-refractivity contribution is -0.116. The van der Waals surface area contributed by atoms with E-state index in [9.17, 15) is 9.59 Å². The van der Waals surface area contributed by atoms with Gasteiger partial charge in [-0.25, -0.2) is 9.47 Å². The van der Waals surface area contributed by atoms with Gasteiger partial charge in [0.25, 0.3) is 0 Å². The van der Waals surface area contributed by atoms with E-state index in [0.717, 1.165) is 22.9 Å². The summed E-state index contributed by atoms with van der Waals surface area (Å²) in [6, 6.07) is 5.37. The number of methoxy groups -OCH3 is 1. The summed E-state index contributed by atoms with van der Waals surface area (Å²) < 4.78 is 18.2. The fourth-order valence-electron chi connectivity index (χ4n) is 2.60. The van der Waals surface area contributed by atoms with Crippen LogP contribution in [0.3, 0.4) is 0 Å². The van der Waals surface area contributed by atoms with Gasteiger partial charge in [-0.15, -0.1) is 0 Å². The molecule has 0 saturated carbocycles. The third kappa shape index (κ3) is 3.99.